The van der Waals surface area contributed by atoms with E-state index in [2.05, 4.69) is 0 Å². The fraction of sp³-hybridized carbons (Fsp3) is 0.929. The van der Waals surface area contributed by atoms with Crippen LogP contribution < -0.4 is 0 Å². The Morgan fingerprint density at radius 2 is 1.65 bits per heavy atom. The second kappa shape index (κ2) is 7.69. The number of carbonyl (C=O) groups excluding carboxylic acids is 1. The SMILES string of the molecule is CCOP(=O)(OCC)C(N(C)C)C1(C=O)CCCCC1. The van der Waals surface area contributed by atoms with E-state index in [9.17, 15) is 9.36 Å². The highest BCUT2D eigenvalue weighted by Crippen LogP contribution is 2.61. The maximum Gasteiger partial charge on any atom is 0.348 e. The molecule has 1 rings (SSSR count). The van der Waals surface area contributed by atoms with Crippen LogP contribution in [0.2, 0.25) is 0 Å². The Labute approximate surface area is 122 Å². The Balaban J connectivity index is 3.18. The third kappa shape index (κ3) is 3.70. The summed E-state index contributed by atoms with van der Waals surface area (Å²) in [7, 11) is 0.344. The van der Waals surface area contributed by atoms with E-state index in [0.717, 1.165) is 38.4 Å². The lowest BCUT2D eigenvalue weighted by Crippen LogP contribution is -2.47. The molecule has 0 aliphatic heterocycles. The molecule has 0 saturated heterocycles. The Kier molecular flexibility index (Phi) is 6.86. The highest BCUT2D eigenvalue weighted by atomic mass is 31.2. The van der Waals surface area contributed by atoms with Crippen molar-refractivity contribution in [3.8, 4) is 0 Å². The molecule has 0 aromatic heterocycles. The summed E-state index contributed by atoms with van der Waals surface area (Å²) in [6.45, 7) is 4.23. The van der Waals surface area contributed by atoms with Gasteiger partial charge in [0.05, 0.1) is 18.6 Å². The monoisotopic (exact) mass is 305 g/mol. The standard InChI is InChI=1S/C14H28NO4P/c1-5-18-20(17,19-6-2)13(15(3)4)14(12-16)10-8-7-9-11-14/h12-13H,5-11H2,1-4H3. The first-order valence-electron chi connectivity index (χ1n) is 7.47. The summed E-state index contributed by atoms with van der Waals surface area (Å²) in [4.78, 5) is 13.7. The lowest BCUT2D eigenvalue weighted by Gasteiger charge is -2.44. The highest BCUT2D eigenvalue weighted by Gasteiger charge is 2.52. The summed E-state index contributed by atoms with van der Waals surface area (Å²) < 4.78 is 24.2. The molecule has 0 amide bonds. The minimum Gasteiger partial charge on any atom is -0.308 e. The van der Waals surface area contributed by atoms with Gasteiger partial charge in [-0.25, -0.2) is 0 Å². The first kappa shape index (κ1) is 17.8. The molecular weight excluding hydrogens is 277 g/mol. The van der Waals surface area contributed by atoms with E-state index in [-0.39, 0.29) is 0 Å². The summed E-state index contributed by atoms with van der Waals surface area (Å²) >= 11 is 0. The molecule has 6 heteroatoms. The zero-order chi connectivity index (χ0) is 15.2. The molecule has 1 unspecified atom stereocenters. The van der Waals surface area contributed by atoms with Crippen LogP contribution >= 0.6 is 7.60 Å². The average Bonchev–Trinajstić information content (AvgIpc) is 2.39. The van der Waals surface area contributed by atoms with Crippen LogP contribution in [0, 0.1) is 5.41 Å². The van der Waals surface area contributed by atoms with Crippen LogP contribution in [-0.4, -0.2) is 44.3 Å². The van der Waals surface area contributed by atoms with Crippen LogP contribution in [0.5, 0.6) is 0 Å². The summed E-state index contributed by atoms with van der Waals surface area (Å²) in [5.41, 5.74) is -0.623. The largest absolute Gasteiger partial charge is 0.348 e. The van der Waals surface area contributed by atoms with Crippen molar-refractivity contribution in [2.24, 2.45) is 5.41 Å². The summed E-state index contributed by atoms with van der Waals surface area (Å²) in [5, 5.41) is 0. The van der Waals surface area contributed by atoms with Crippen LogP contribution in [0.3, 0.4) is 0 Å². The quantitative estimate of drug-likeness (QED) is 0.509. The van der Waals surface area contributed by atoms with Gasteiger partial charge in [0.25, 0.3) is 0 Å². The van der Waals surface area contributed by atoms with Crippen molar-refractivity contribution < 1.29 is 18.4 Å². The maximum atomic E-state index is 13.2. The normalized spacial score (nSPS) is 20.9. The summed E-state index contributed by atoms with van der Waals surface area (Å²) in [5.74, 6) is -0.507. The fourth-order valence-corrected chi connectivity index (χ4v) is 5.89. The third-order valence-electron chi connectivity index (χ3n) is 3.94. The number of carbonyl (C=O) groups is 1. The van der Waals surface area contributed by atoms with Crippen LogP contribution in [0.25, 0.3) is 0 Å². The molecule has 1 saturated carbocycles. The van der Waals surface area contributed by atoms with Crippen molar-refractivity contribution in [2.45, 2.75) is 51.7 Å². The summed E-state index contributed by atoms with van der Waals surface area (Å²) in [6, 6.07) is 0. The topological polar surface area (TPSA) is 55.8 Å². The zero-order valence-corrected chi connectivity index (χ0v) is 14.0. The Morgan fingerprint density at radius 1 is 1.15 bits per heavy atom. The predicted octanol–water partition coefficient (Wildman–Crippen LogP) is 3.29. The van der Waals surface area contributed by atoms with Crippen LogP contribution in [0.15, 0.2) is 0 Å². The number of hydrogen-bond donors (Lipinski definition) is 0. The van der Waals surface area contributed by atoms with Crippen LogP contribution in [0.4, 0.5) is 0 Å². The molecule has 0 heterocycles. The van der Waals surface area contributed by atoms with Gasteiger partial charge in [0.15, 0.2) is 0 Å². The second-order valence-electron chi connectivity index (χ2n) is 5.62. The van der Waals surface area contributed by atoms with Crippen molar-refractivity contribution in [1.82, 2.24) is 4.90 Å². The van der Waals surface area contributed by atoms with E-state index in [0.29, 0.717) is 13.2 Å². The van der Waals surface area contributed by atoms with Gasteiger partial charge in [0, 0.05) is 0 Å². The molecule has 118 valence electrons. The van der Waals surface area contributed by atoms with E-state index in [1.165, 1.54) is 0 Å². The predicted molar refractivity (Wildman–Crippen MR) is 79.9 cm³/mol. The first-order chi connectivity index (χ1) is 9.45. The van der Waals surface area contributed by atoms with Crippen LogP contribution in [-0.2, 0) is 18.4 Å². The molecule has 20 heavy (non-hydrogen) atoms. The van der Waals surface area contributed by atoms with Crippen molar-refractivity contribution in [1.29, 1.82) is 0 Å². The van der Waals surface area contributed by atoms with Crippen molar-refractivity contribution in [3.63, 3.8) is 0 Å². The van der Waals surface area contributed by atoms with Gasteiger partial charge in [-0.15, -0.1) is 0 Å². The Morgan fingerprint density at radius 3 is 2.00 bits per heavy atom. The van der Waals surface area contributed by atoms with Crippen molar-refractivity contribution in [3.05, 3.63) is 0 Å². The molecule has 1 fully saturated rings. The number of aldehydes is 1. The van der Waals surface area contributed by atoms with Gasteiger partial charge in [-0.1, -0.05) is 19.3 Å². The van der Waals surface area contributed by atoms with Gasteiger partial charge in [-0.05, 0) is 40.8 Å². The van der Waals surface area contributed by atoms with Crippen molar-refractivity contribution in [2.75, 3.05) is 27.3 Å². The van der Waals surface area contributed by atoms with Gasteiger partial charge in [0.1, 0.15) is 12.1 Å². The number of nitrogens with zero attached hydrogens (tertiary/aromatic N) is 1. The lowest BCUT2D eigenvalue weighted by molar-refractivity contribution is -0.120. The third-order valence-corrected chi connectivity index (χ3v) is 6.75. The molecular formula is C14H28NO4P. The smallest absolute Gasteiger partial charge is 0.308 e. The van der Waals surface area contributed by atoms with E-state index in [4.69, 9.17) is 9.05 Å². The van der Waals surface area contributed by atoms with Gasteiger partial charge >= 0.3 is 7.60 Å². The second-order valence-corrected chi connectivity index (χ2v) is 7.71. The molecule has 0 radical (unpaired) electrons. The minimum absolute atomic E-state index is 0.316. The molecule has 0 aromatic rings. The molecule has 0 spiro atoms. The zero-order valence-electron chi connectivity index (χ0n) is 13.1. The first-order valence-corrected chi connectivity index (χ1v) is 9.08. The molecule has 0 aromatic carbocycles. The Hall–Kier alpha value is -0.220. The molecule has 0 bridgehead atoms. The van der Waals surface area contributed by atoms with Crippen molar-refractivity contribution >= 4 is 13.9 Å². The molecule has 1 aliphatic rings. The Bertz CT molecular complexity index is 343. The van der Waals surface area contributed by atoms with E-state index >= 15 is 0 Å². The fourth-order valence-electron chi connectivity index (χ4n) is 3.30. The van der Waals surface area contributed by atoms with Gasteiger partial charge in [-0.2, -0.15) is 0 Å². The number of rotatable bonds is 8. The molecule has 1 aliphatic carbocycles. The molecule has 1 atom stereocenters. The lowest BCUT2D eigenvalue weighted by atomic mass is 9.74. The van der Waals surface area contributed by atoms with Gasteiger partial charge in [-0.3, -0.25) is 9.46 Å². The molecule has 0 N–H and O–H groups in total. The average molecular weight is 305 g/mol. The van der Waals surface area contributed by atoms with Gasteiger partial charge in [0.2, 0.25) is 0 Å². The van der Waals surface area contributed by atoms with Crippen LogP contribution in [0.1, 0.15) is 46.0 Å². The minimum atomic E-state index is -3.34. The van der Waals surface area contributed by atoms with Gasteiger partial charge < -0.3 is 13.8 Å². The molecule has 5 nitrogen and oxygen atoms in total. The van der Waals surface area contributed by atoms with E-state index < -0.39 is 18.8 Å². The summed E-state index contributed by atoms with van der Waals surface area (Å²) in [6.07, 6.45) is 5.60. The van der Waals surface area contributed by atoms with E-state index in [1.54, 1.807) is 13.8 Å². The van der Waals surface area contributed by atoms with E-state index in [1.807, 2.05) is 19.0 Å². The maximum absolute atomic E-state index is 13.2. The highest BCUT2D eigenvalue weighted by molar-refractivity contribution is 7.54. The number of hydrogen-bond acceptors (Lipinski definition) is 5.